The van der Waals surface area contributed by atoms with Gasteiger partial charge in [0.05, 0.1) is 23.8 Å². The maximum Gasteiger partial charge on any atom is 0.251 e. The molecule has 7 heteroatoms. The number of rotatable bonds is 8. The van der Waals surface area contributed by atoms with Crippen molar-refractivity contribution < 1.29 is 9.18 Å². The van der Waals surface area contributed by atoms with Crippen molar-refractivity contribution in [1.29, 1.82) is 0 Å². The van der Waals surface area contributed by atoms with Crippen LogP contribution < -0.4 is 5.32 Å². The summed E-state index contributed by atoms with van der Waals surface area (Å²) in [7, 11) is 0. The lowest BCUT2D eigenvalue weighted by Gasteiger charge is -2.10. The number of halogens is 1. The van der Waals surface area contributed by atoms with Crippen LogP contribution in [0.3, 0.4) is 0 Å². The molecule has 0 radical (unpaired) electrons. The Hall–Kier alpha value is -3.97. The Morgan fingerprint density at radius 3 is 2.53 bits per heavy atom. The van der Waals surface area contributed by atoms with E-state index in [0.717, 1.165) is 39.6 Å². The summed E-state index contributed by atoms with van der Waals surface area (Å²) in [6.45, 7) is 3.17. The van der Waals surface area contributed by atoms with Crippen LogP contribution in [0.15, 0.2) is 96.4 Å². The van der Waals surface area contributed by atoms with E-state index in [2.05, 4.69) is 46.1 Å². The minimum absolute atomic E-state index is 0.161. The standard InChI is InChI=1S/C29H25FN4OS/c1-20-3-2-4-23(15-20)18-34-27-17-31-14-13-26(27)33-29(34)36-19-22-5-9-24(10-6-22)28(35)32-16-21-7-11-25(30)12-8-21/h2-15,17H,16,18-19H2,1H3,(H,32,35). The molecule has 0 saturated carbocycles. The molecule has 1 N–H and O–H groups in total. The second-order valence-electron chi connectivity index (χ2n) is 8.63. The first-order valence-corrected chi connectivity index (χ1v) is 12.6. The highest BCUT2D eigenvalue weighted by Gasteiger charge is 2.13. The summed E-state index contributed by atoms with van der Waals surface area (Å²) in [6, 6.07) is 24.1. The first-order valence-electron chi connectivity index (χ1n) is 11.7. The van der Waals surface area contributed by atoms with Gasteiger partial charge in [0, 0.05) is 24.1 Å². The Labute approximate surface area is 213 Å². The number of thioether (sulfide) groups is 1. The number of nitrogens with zero attached hydrogens (tertiary/aromatic N) is 3. The summed E-state index contributed by atoms with van der Waals surface area (Å²) in [5.74, 6) is 0.272. The molecule has 0 spiro atoms. The van der Waals surface area contributed by atoms with Crippen molar-refractivity contribution in [3.63, 3.8) is 0 Å². The Kier molecular flexibility index (Phi) is 7.09. The number of aromatic nitrogens is 3. The fourth-order valence-electron chi connectivity index (χ4n) is 3.99. The molecule has 36 heavy (non-hydrogen) atoms. The summed E-state index contributed by atoms with van der Waals surface area (Å²) in [5, 5.41) is 3.81. The summed E-state index contributed by atoms with van der Waals surface area (Å²) in [6.07, 6.45) is 3.63. The predicted molar refractivity (Wildman–Crippen MR) is 141 cm³/mol. The molecule has 5 nitrogen and oxygen atoms in total. The lowest BCUT2D eigenvalue weighted by molar-refractivity contribution is 0.0951. The van der Waals surface area contributed by atoms with E-state index in [1.165, 1.54) is 23.3 Å². The summed E-state index contributed by atoms with van der Waals surface area (Å²) in [5.41, 5.74) is 6.91. The topological polar surface area (TPSA) is 59.8 Å². The van der Waals surface area contributed by atoms with Gasteiger partial charge < -0.3 is 9.88 Å². The normalized spacial score (nSPS) is 11.1. The van der Waals surface area contributed by atoms with Gasteiger partial charge in [-0.25, -0.2) is 9.37 Å². The number of carbonyl (C=O) groups excluding carboxylic acids is 1. The molecule has 0 fully saturated rings. The van der Waals surface area contributed by atoms with Crippen molar-refractivity contribution in [3.8, 4) is 0 Å². The number of benzene rings is 3. The van der Waals surface area contributed by atoms with Crippen molar-refractivity contribution >= 4 is 28.7 Å². The largest absolute Gasteiger partial charge is 0.348 e. The fraction of sp³-hybridized carbons (Fsp3) is 0.138. The zero-order valence-electron chi connectivity index (χ0n) is 19.8. The summed E-state index contributed by atoms with van der Waals surface area (Å²) in [4.78, 5) is 21.7. The number of hydrogen-bond acceptors (Lipinski definition) is 4. The van der Waals surface area contributed by atoms with E-state index in [0.29, 0.717) is 12.1 Å². The van der Waals surface area contributed by atoms with Crippen molar-refractivity contribution in [2.75, 3.05) is 0 Å². The van der Waals surface area contributed by atoms with E-state index in [4.69, 9.17) is 4.98 Å². The molecule has 0 unspecified atom stereocenters. The summed E-state index contributed by atoms with van der Waals surface area (Å²) >= 11 is 1.67. The van der Waals surface area contributed by atoms with Crippen LogP contribution in [0.25, 0.3) is 11.0 Å². The number of fused-ring (bicyclic) bond motifs is 1. The predicted octanol–water partition coefficient (Wildman–Crippen LogP) is 6.15. The second kappa shape index (κ2) is 10.7. The molecular weight excluding hydrogens is 471 g/mol. The lowest BCUT2D eigenvalue weighted by Crippen LogP contribution is -2.22. The van der Waals surface area contributed by atoms with Gasteiger partial charge in [0.2, 0.25) is 0 Å². The van der Waals surface area contributed by atoms with Gasteiger partial charge in [-0.1, -0.05) is 65.9 Å². The SMILES string of the molecule is Cc1cccc(Cn2c(SCc3ccc(C(=O)NCc4ccc(F)cc4)cc3)nc3ccncc32)c1. The van der Waals surface area contributed by atoms with E-state index < -0.39 is 0 Å². The van der Waals surface area contributed by atoms with Crippen LogP contribution in [0.1, 0.15) is 32.6 Å². The van der Waals surface area contributed by atoms with Gasteiger partial charge in [-0.3, -0.25) is 9.78 Å². The van der Waals surface area contributed by atoms with Gasteiger partial charge in [-0.05, 0) is 53.9 Å². The molecule has 0 bridgehead atoms. The highest BCUT2D eigenvalue weighted by Crippen LogP contribution is 2.27. The molecule has 0 saturated heterocycles. The maximum absolute atomic E-state index is 13.1. The van der Waals surface area contributed by atoms with Gasteiger partial charge in [0.15, 0.2) is 5.16 Å². The van der Waals surface area contributed by atoms with Crippen LogP contribution in [0.2, 0.25) is 0 Å². The number of nitrogens with one attached hydrogen (secondary N) is 1. The molecule has 1 amide bonds. The van der Waals surface area contributed by atoms with E-state index in [9.17, 15) is 9.18 Å². The first-order chi connectivity index (χ1) is 17.5. The maximum atomic E-state index is 13.1. The minimum Gasteiger partial charge on any atom is -0.348 e. The van der Waals surface area contributed by atoms with Gasteiger partial charge >= 0.3 is 0 Å². The molecule has 0 aliphatic heterocycles. The number of pyridine rings is 1. The monoisotopic (exact) mass is 496 g/mol. The molecule has 0 aliphatic carbocycles. The smallest absolute Gasteiger partial charge is 0.251 e. The molecular formula is C29H25FN4OS. The van der Waals surface area contributed by atoms with Crippen molar-refractivity contribution in [3.05, 3.63) is 125 Å². The Balaban J connectivity index is 1.26. The van der Waals surface area contributed by atoms with Gasteiger partial charge in [0.1, 0.15) is 5.82 Å². The van der Waals surface area contributed by atoms with Crippen molar-refractivity contribution in [1.82, 2.24) is 19.9 Å². The number of amides is 1. The molecule has 2 aromatic heterocycles. The zero-order valence-corrected chi connectivity index (χ0v) is 20.6. The Morgan fingerprint density at radius 1 is 0.972 bits per heavy atom. The highest BCUT2D eigenvalue weighted by molar-refractivity contribution is 7.98. The number of aryl methyl sites for hydroxylation is 1. The van der Waals surface area contributed by atoms with E-state index in [1.54, 1.807) is 30.1 Å². The fourth-order valence-corrected chi connectivity index (χ4v) is 4.96. The zero-order chi connectivity index (χ0) is 24.9. The van der Waals surface area contributed by atoms with Crippen LogP contribution in [0, 0.1) is 12.7 Å². The average molecular weight is 497 g/mol. The van der Waals surface area contributed by atoms with E-state index in [1.807, 2.05) is 36.5 Å². The van der Waals surface area contributed by atoms with Gasteiger partial charge in [-0.15, -0.1) is 0 Å². The number of carbonyl (C=O) groups is 1. The first kappa shape index (κ1) is 23.8. The lowest BCUT2D eigenvalue weighted by atomic mass is 10.1. The van der Waals surface area contributed by atoms with Crippen LogP contribution in [0.5, 0.6) is 0 Å². The Morgan fingerprint density at radius 2 is 1.75 bits per heavy atom. The van der Waals surface area contributed by atoms with Gasteiger partial charge in [-0.2, -0.15) is 0 Å². The third kappa shape index (κ3) is 5.63. The molecule has 5 aromatic rings. The minimum atomic E-state index is -0.291. The quantitative estimate of drug-likeness (QED) is 0.262. The molecule has 5 rings (SSSR count). The van der Waals surface area contributed by atoms with Crippen molar-refractivity contribution in [2.24, 2.45) is 0 Å². The second-order valence-corrected chi connectivity index (χ2v) is 9.57. The third-order valence-electron chi connectivity index (χ3n) is 5.89. The molecule has 3 aromatic carbocycles. The van der Waals surface area contributed by atoms with Gasteiger partial charge in [0.25, 0.3) is 5.91 Å². The van der Waals surface area contributed by atoms with Crippen LogP contribution >= 0.6 is 11.8 Å². The van der Waals surface area contributed by atoms with Crippen LogP contribution in [0.4, 0.5) is 4.39 Å². The Bertz CT molecular complexity index is 1500. The molecule has 0 aliphatic rings. The molecule has 2 heterocycles. The van der Waals surface area contributed by atoms with Crippen LogP contribution in [-0.4, -0.2) is 20.4 Å². The molecule has 180 valence electrons. The number of imidazole rings is 1. The number of hydrogen-bond donors (Lipinski definition) is 1. The third-order valence-corrected chi connectivity index (χ3v) is 6.94. The van der Waals surface area contributed by atoms with E-state index in [-0.39, 0.29) is 11.7 Å². The highest BCUT2D eigenvalue weighted by atomic mass is 32.2. The molecule has 0 atom stereocenters. The summed E-state index contributed by atoms with van der Waals surface area (Å²) < 4.78 is 15.3. The van der Waals surface area contributed by atoms with Crippen LogP contribution in [-0.2, 0) is 18.8 Å². The van der Waals surface area contributed by atoms with Crippen molar-refractivity contribution in [2.45, 2.75) is 30.9 Å². The van der Waals surface area contributed by atoms with E-state index >= 15 is 0 Å². The average Bonchev–Trinajstić information content (AvgIpc) is 3.24.